The minimum Gasteiger partial charge on any atom is -0.394 e. The van der Waals surface area contributed by atoms with Gasteiger partial charge in [0, 0.05) is 6.42 Å². The van der Waals surface area contributed by atoms with Gasteiger partial charge in [-0.15, -0.1) is 0 Å². The average Bonchev–Trinajstić information content (AvgIpc) is 2.34. The van der Waals surface area contributed by atoms with Crippen LogP contribution in [0, 0.1) is 11.8 Å². The predicted octanol–water partition coefficient (Wildman–Crippen LogP) is 0.247. The van der Waals surface area contributed by atoms with Crippen molar-refractivity contribution < 1.29 is 15.0 Å². The number of amides is 1. The molecule has 0 rings (SSSR count). The minimum atomic E-state index is -0.909. The van der Waals surface area contributed by atoms with Gasteiger partial charge >= 0.3 is 0 Å². The lowest BCUT2D eigenvalue weighted by molar-refractivity contribution is -0.125. The molecule has 0 aliphatic heterocycles. The molecule has 0 saturated carbocycles. The van der Waals surface area contributed by atoms with Gasteiger partial charge in [-0.25, -0.2) is 0 Å². The van der Waals surface area contributed by atoms with E-state index < -0.39 is 5.54 Å². The Morgan fingerprint density at radius 1 is 1.33 bits per heavy atom. The number of carbonyl (C=O) groups is 1. The highest BCUT2D eigenvalue weighted by molar-refractivity contribution is 5.77. The third-order valence-corrected chi connectivity index (χ3v) is 3.30. The van der Waals surface area contributed by atoms with Crippen LogP contribution in [0.3, 0.4) is 0 Å². The first-order valence-electron chi connectivity index (χ1n) is 6.65. The van der Waals surface area contributed by atoms with Crippen LogP contribution in [-0.4, -0.2) is 41.4 Å². The topological polar surface area (TPSA) is 95.6 Å². The zero-order chi connectivity index (χ0) is 14.2. The summed E-state index contributed by atoms with van der Waals surface area (Å²) < 4.78 is 0. The second kappa shape index (κ2) is 8.45. The first-order valence-corrected chi connectivity index (χ1v) is 6.65. The summed E-state index contributed by atoms with van der Waals surface area (Å²) in [5, 5.41) is 21.2. The van der Waals surface area contributed by atoms with Gasteiger partial charge in [0.25, 0.3) is 0 Å². The van der Waals surface area contributed by atoms with Crippen LogP contribution in [0.4, 0.5) is 0 Å². The second-order valence-electron chi connectivity index (χ2n) is 5.43. The molecule has 5 heteroatoms. The van der Waals surface area contributed by atoms with Crippen LogP contribution in [0.2, 0.25) is 0 Å². The molecule has 0 saturated heterocycles. The molecular weight excluding hydrogens is 232 g/mol. The highest BCUT2D eigenvalue weighted by atomic mass is 16.3. The van der Waals surface area contributed by atoms with Crippen molar-refractivity contribution in [1.29, 1.82) is 0 Å². The van der Waals surface area contributed by atoms with Crippen LogP contribution in [0.5, 0.6) is 0 Å². The third kappa shape index (κ3) is 5.80. The molecule has 1 atom stereocenters. The molecule has 1 unspecified atom stereocenters. The quantitative estimate of drug-likeness (QED) is 0.478. The number of aliphatic hydroxyl groups is 2. The lowest BCUT2D eigenvalue weighted by atomic mass is 9.92. The molecule has 18 heavy (non-hydrogen) atoms. The van der Waals surface area contributed by atoms with Crippen LogP contribution >= 0.6 is 0 Å². The molecule has 0 fully saturated rings. The minimum absolute atomic E-state index is 0.150. The SMILES string of the molecule is CCC(CO)(CO)NC(=O)CC(CN)CC(C)C. The normalized spacial score (nSPS) is 13.7. The van der Waals surface area contributed by atoms with Crippen LogP contribution < -0.4 is 11.1 Å². The van der Waals surface area contributed by atoms with E-state index >= 15 is 0 Å². The van der Waals surface area contributed by atoms with Crippen LogP contribution in [-0.2, 0) is 4.79 Å². The molecule has 0 spiro atoms. The first-order chi connectivity index (χ1) is 8.42. The predicted molar refractivity (Wildman–Crippen MR) is 72.0 cm³/mol. The molecule has 108 valence electrons. The summed E-state index contributed by atoms with van der Waals surface area (Å²) in [4.78, 5) is 11.9. The van der Waals surface area contributed by atoms with E-state index in [0.717, 1.165) is 6.42 Å². The van der Waals surface area contributed by atoms with Gasteiger partial charge < -0.3 is 21.3 Å². The van der Waals surface area contributed by atoms with E-state index in [0.29, 0.717) is 25.3 Å². The van der Waals surface area contributed by atoms with E-state index in [9.17, 15) is 15.0 Å². The Morgan fingerprint density at radius 3 is 2.22 bits per heavy atom. The van der Waals surface area contributed by atoms with E-state index in [2.05, 4.69) is 19.2 Å². The maximum Gasteiger partial charge on any atom is 0.220 e. The summed E-state index contributed by atoms with van der Waals surface area (Å²) in [6.07, 6.45) is 1.74. The van der Waals surface area contributed by atoms with Crippen molar-refractivity contribution in [3.05, 3.63) is 0 Å². The number of aliphatic hydroxyl groups excluding tert-OH is 2. The molecule has 0 bridgehead atoms. The number of hydrogen-bond donors (Lipinski definition) is 4. The van der Waals surface area contributed by atoms with Gasteiger partial charge in [-0.05, 0) is 31.2 Å². The smallest absolute Gasteiger partial charge is 0.220 e. The van der Waals surface area contributed by atoms with Gasteiger partial charge in [-0.1, -0.05) is 20.8 Å². The molecule has 0 radical (unpaired) electrons. The summed E-state index contributed by atoms with van der Waals surface area (Å²) >= 11 is 0. The van der Waals surface area contributed by atoms with Gasteiger partial charge in [-0.3, -0.25) is 4.79 Å². The summed E-state index contributed by atoms with van der Waals surface area (Å²) in [5.41, 5.74) is 4.74. The standard InChI is InChI=1S/C13H28N2O3/c1-4-13(8-16,9-17)15-12(18)6-11(7-14)5-10(2)3/h10-11,16-17H,4-9,14H2,1-3H3,(H,15,18). The zero-order valence-electron chi connectivity index (χ0n) is 11.8. The van der Waals surface area contributed by atoms with Crippen molar-refractivity contribution in [2.24, 2.45) is 17.6 Å². The molecule has 0 aromatic carbocycles. The Morgan fingerprint density at radius 2 is 1.89 bits per heavy atom. The van der Waals surface area contributed by atoms with Crippen LogP contribution in [0.15, 0.2) is 0 Å². The number of carbonyl (C=O) groups excluding carboxylic acids is 1. The highest BCUT2D eigenvalue weighted by Gasteiger charge is 2.29. The lowest BCUT2D eigenvalue weighted by Crippen LogP contribution is -2.54. The zero-order valence-corrected chi connectivity index (χ0v) is 11.8. The van der Waals surface area contributed by atoms with Crippen molar-refractivity contribution in [3.8, 4) is 0 Å². The summed E-state index contributed by atoms with van der Waals surface area (Å²) in [6.45, 7) is 5.97. The van der Waals surface area contributed by atoms with Gasteiger partial charge in [-0.2, -0.15) is 0 Å². The maximum atomic E-state index is 11.9. The van der Waals surface area contributed by atoms with E-state index in [4.69, 9.17) is 5.73 Å². The van der Waals surface area contributed by atoms with Crippen molar-refractivity contribution in [2.45, 2.75) is 45.6 Å². The Hall–Kier alpha value is -0.650. The highest BCUT2D eigenvalue weighted by Crippen LogP contribution is 2.15. The fourth-order valence-corrected chi connectivity index (χ4v) is 1.98. The lowest BCUT2D eigenvalue weighted by Gasteiger charge is -2.30. The van der Waals surface area contributed by atoms with E-state index in [1.54, 1.807) is 0 Å². The number of nitrogens with two attached hydrogens (primary N) is 1. The fourth-order valence-electron chi connectivity index (χ4n) is 1.98. The van der Waals surface area contributed by atoms with Crippen LogP contribution in [0.1, 0.15) is 40.0 Å². The van der Waals surface area contributed by atoms with Crippen LogP contribution in [0.25, 0.3) is 0 Å². The summed E-state index contributed by atoms with van der Waals surface area (Å²) in [5.74, 6) is 0.492. The molecular formula is C13H28N2O3. The van der Waals surface area contributed by atoms with Crippen molar-refractivity contribution >= 4 is 5.91 Å². The Kier molecular flexibility index (Phi) is 8.15. The monoisotopic (exact) mass is 260 g/mol. The van der Waals surface area contributed by atoms with Crippen molar-refractivity contribution in [3.63, 3.8) is 0 Å². The molecule has 0 aliphatic carbocycles. The molecule has 5 N–H and O–H groups in total. The maximum absolute atomic E-state index is 11.9. The van der Waals surface area contributed by atoms with E-state index in [1.807, 2.05) is 6.92 Å². The Bertz CT molecular complexity index is 232. The molecule has 0 aliphatic rings. The Balaban J connectivity index is 4.38. The number of hydrogen-bond acceptors (Lipinski definition) is 4. The average molecular weight is 260 g/mol. The number of rotatable bonds is 9. The number of nitrogens with one attached hydrogen (secondary N) is 1. The molecule has 0 aromatic rings. The van der Waals surface area contributed by atoms with Crippen molar-refractivity contribution in [1.82, 2.24) is 5.32 Å². The van der Waals surface area contributed by atoms with Gasteiger partial charge in [0.1, 0.15) is 0 Å². The van der Waals surface area contributed by atoms with Crippen molar-refractivity contribution in [2.75, 3.05) is 19.8 Å². The van der Waals surface area contributed by atoms with Gasteiger partial charge in [0.15, 0.2) is 0 Å². The third-order valence-electron chi connectivity index (χ3n) is 3.30. The molecule has 1 amide bonds. The fraction of sp³-hybridized carbons (Fsp3) is 0.923. The summed E-state index contributed by atoms with van der Waals surface area (Å²) in [7, 11) is 0. The largest absolute Gasteiger partial charge is 0.394 e. The molecule has 5 nitrogen and oxygen atoms in total. The van der Waals surface area contributed by atoms with E-state index in [1.165, 1.54) is 0 Å². The first kappa shape index (κ1) is 17.4. The van der Waals surface area contributed by atoms with E-state index in [-0.39, 0.29) is 25.0 Å². The summed E-state index contributed by atoms with van der Waals surface area (Å²) in [6, 6.07) is 0. The van der Waals surface area contributed by atoms with Gasteiger partial charge in [0.2, 0.25) is 5.91 Å². The molecule has 0 heterocycles. The Labute approximate surface area is 110 Å². The van der Waals surface area contributed by atoms with Gasteiger partial charge in [0.05, 0.1) is 18.8 Å². The second-order valence-corrected chi connectivity index (χ2v) is 5.43. The molecule has 0 aromatic heterocycles.